The Morgan fingerprint density at radius 3 is 2.78 bits per heavy atom. The number of anilines is 1. The molecule has 3 aromatic heterocycles. The third kappa shape index (κ3) is 2.21. The van der Waals surface area contributed by atoms with Crippen molar-refractivity contribution in [1.82, 2.24) is 20.2 Å². The van der Waals surface area contributed by atoms with Crippen molar-refractivity contribution in [3.8, 4) is 11.1 Å². The van der Waals surface area contributed by atoms with Gasteiger partial charge in [-0.1, -0.05) is 13.0 Å². The molecule has 0 saturated heterocycles. The second-order valence-corrected chi connectivity index (χ2v) is 7.38. The van der Waals surface area contributed by atoms with Crippen LogP contribution in [0.1, 0.15) is 30.4 Å². The molecule has 27 heavy (non-hydrogen) atoms. The summed E-state index contributed by atoms with van der Waals surface area (Å²) in [5, 5.41) is 7.16. The zero-order valence-electron chi connectivity index (χ0n) is 14.9. The fourth-order valence-electron chi connectivity index (χ4n) is 4.00. The molecule has 0 amide bonds. The second-order valence-electron chi connectivity index (χ2n) is 7.38. The number of nitrogens with zero attached hydrogens (tertiary/aromatic N) is 2. The fourth-order valence-corrected chi connectivity index (χ4v) is 4.00. The number of halogens is 1. The number of pyridine rings is 2. The first-order valence-electron chi connectivity index (χ1n) is 8.90. The second kappa shape index (κ2) is 5.39. The Balaban J connectivity index is 1.88. The van der Waals surface area contributed by atoms with E-state index in [-0.39, 0.29) is 16.8 Å². The molecule has 5 rings (SSSR count). The molecule has 1 aliphatic carbocycles. The van der Waals surface area contributed by atoms with Crippen LogP contribution in [-0.2, 0) is 0 Å². The molecule has 0 bridgehead atoms. The van der Waals surface area contributed by atoms with Crippen LogP contribution in [0, 0.1) is 18.7 Å². The van der Waals surface area contributed by atoms with Crippen LogP contribution in [0.5, 0.6) is 0 Å². The lowest BCUT2D eigenvalue weighted by Crippen LogP contribution is -2.15. The summed E-state index contributed by atoms with van der Waals surface area (Å²) in [5.41, 5.74) is 10.7. The third-order valence-corrected chi connectivity index (χ3v) is 5.71. The van der Waals surface area contributed by atoms with Crippen molar-refractivity contribution in [3.05, 3.63) is 51.8 Å². The Morgan fingerprint density at radius 2 is 2.04 bits per heavy atom. The molecule has 2 unspecified atom stereocenters. The number of nitrogens with one attached hydrogen (secondary N) is 2. The van der Waals surface area contributed by atoms with Crippen LogP contribution < -0.4 is 11.3 Å². The van der Waals surface area contributed by atoms with Crippen LogP contribution in [0.2, 0.25) is 0 Å². The number of nitrogens with two attached hydrogens (primary N) is 1. The first-order valence-corrected chi connectivity index (χ1v) is 8.90. The molecule has 4 N–H and O–H groups in total. The van der Waals surface area contributed by atoms with Gasteiger partial charge >= 0.3 is 0 Å². The molecule has 3 heterocycles. The molecule has 1 fully saturated rings. The molecular weight excluding hydrogens is 345 g/mol. The maximum Gasteiger partial charge on any atom is 0.272 e. The average molecular weight is 363 g/mol. The van der Waals surface area contributed by atoms with Gasteiger partial charge in [0.2, 0.25) is 0 Å². The van der Waals surface area contributed by atoms with Crippen LogP contribution in [0.4, 0.5) is 10.1 Å². The first kappa shape index (κ1) is 16.0. The number of aromatic amines is 2. The minimum Gasteiger partial charge on any atom is -0.394 e. The number of hydrogen-bond donors (Lipinski definition) is 3. The fraction of sp³-hybridized carbons (Fsp3) is 0.250. The monoisotopic (exact) mass is 363 g/mol. The van der Waals surface area contributed by atoms with Crippen LogP contribution in [0.15, 0.2) is 29.3 Å². The van der Waals surface area contributed by atoms with Crippen LogP contribution >= 0.6 is 0 Å². The first-order chi connectivity index (χ1) is 13.0. The normalized spacial score (nSPS) is 19.1. The van der Waals surface area contributed by atoms with Crippen LogP contribution in [0.25, 0.3) is 33.1 Å². The third-order valence-electron chi connectivity index (χ3n) is 5.71. The number of hydrogen-bond acceptors (Lipinski definition) is 4. The van der Waals surface area contributed by atoms with Crippen molar-refractivity contribution in [3.63, 3.8) is 0 Å². The molecule has 1 aromatic carbocycles. The Hall–Kier alpha value is -3.22. The van der Waals surface area contributed by atoms with E-state index in [4.69, 9.17) is 5.73 Å². The highest BCUT2D eigenvalue weighted by Crippen LogP contribution is 2.48. The smallest absolute Gasteiger partial charge is 0.272 e. The van der Waals surface area contributed by atoms with E-state index in [0.717, 1.165) is 17.5 Å². The molecular formula is C20H18FN5O. The van der Waals surface area contributed by atoms with Gasteiger partial charge in [0, 0.05) is 17.1 Å². The zero-order chi connectivity index (χ0) is 18.9. The number of aromatic nitrogens is 4. The minimum atomic E-state index is -0.409. The lowest BCUT2D eigenvalue weighted by molar-refractivity contribution is 0.636. The molecule has 2 atom stereocenters. The van der Waals surface area contributed by atoms with E-state index in [2.05, 4.69) is 27.1 Å². The minimum absolute atomic E-state index is 0.0658. The van der Waals surface area contributed by atoms with Crippen molar-refractivity contribution < 1.29 is 4.39 Å². The van der Waals surface area contributed by atoms with Crippen molar-refractivity contribution in [2.75, 3.05) is 5.73 Å². The van der Waals surface area contributed by atoms with E-state index >= 15 is 0 Å². The highest BCUT2D eigenvalue weighted by molar-refractivity contribution is 6.06. The number of nitrogen functional groups attached to an aromatic ring is 1. The van der Waals surface area contributed by atoms with E-state index in [9.17, 15) is 9.18 Å². The van der Waals surface area contributed by atoms with E-state index < -0.39 is 5.82 Å². The van der Waals surface area contributed by atoms with Crippen LogP contribution in [0.3, 0.4) is 0 Å². The quantitative estimate of drug-likeness (QED) is 0.506. The van der Waals surface area contributed by atoms with Crippen molar-refractivity contribution in [2.24, 2.45) is 5.92 Å². The van der Waals surface area contributed by atoms with Gasteiger partial charge in [0.15, 0.2) is 0 Å². The molecule has 0 spiro atoms. The van der Waals surface area contributed by atoms with E-state index in [1.807, 2.05) is 13.1 Å². The molecule has 1 aliphatic rings. The summed E-state index contributed by atoms with van der Waals surface area (Å²) in [5.74, 6) is 0.705. The van der Waals surface area contributed by atoms with Gasteiger partial charge < -0.3 is 10.7 Å². The molecule has 0 radical (unpaired) electrons. The van der Waals surface area contributed by atoms with Crippen LogP contribution in [-0.4, -0.2) is 20.2 Å². The van der Waals surface area contributed by atoms with Crippen molar-refractivity contribution >= 4 is 27.6 Å². The largest absolute Gasteiger partial charge is 0.394 e. The van der Waals surface area contributed by atoms with Crippen molar-refractivity contribution in [1.29, 1.82) is 0 Å². The summed E-state index contributed by atoms with van der Waals surface area (Å²) in [4.78, 5) is 20.1. The number of rotatable bonds is 2. The maximum atomic E-state index is 14.1. The topological polar surface area (TPSA) is 100 Å². The Kier molecular flexibility index (Phi) is 3.19. The summed E-state index contributed by atoms with van der Waals surface area (Å²) < 4.78 is 14.1. The van der Waals surface area contributed by atoms with Gasteiger partial charge in [0.25, 0.3) is 5.56 Å². The summed E-state index contributed by atoms with van der Waals surface area (Å²) >= 11 is 0. The van der Waals surface area contributed by atoms with E-state index in [1.165, 1.54) is 12.3 Å². The predicted octanol–water partition coefficient (Wildman–Crippen LogP) is 3.62. The molecule has 136 valence electrons. The number of fused-ring (bicyclic) bond motifs is 2. The summed E-state index contributed by atoms with van der Waals surface area (Å²) in [6.07, 6.45) is 4.55. The Bertz CT molecular complexity index is 1290. The number of H-pyrrole nitrogens is 2. The van der Waals surface area contributed by atoms with Crippen molar-refractivity contribution in [2.45, 2.75) is 26.2 Å². The Labute approximate surface area is 153 Å². The molecule has 4 aromatic rings. The summed E-state index contributed by atoms with van der Waals surface area (Å²) in [6, 6.07) is 2.96. The predicted molar refractivity (Wildman–Crippen MR) is 103 cm³/mol. The molecule has 7 heteroatoms. The highest BCUT2D eigenvalue weighted by Gasteiger charge is 2.36. The van der Waals surface area contributed by atoms with Gasteiger partial charge in [-0.25, -0.2) is 4.39 Å². The summed E-state index contributed by atoms with van der Waals surface area (Å²) in [6.45, 7) is 4.21. The summed E-state index contributed by atoms with van der Waals surface area (Å²) in [7, 11) is 0. The van der Waals surface area contributed by atoms with E-state index in [0.29, 0.717) is 39.4 Å². The highest BCUT2D eigenvalue weighted by atomic mass is 19.1. The maximum absolute atomic E-state index is 14.1. The van der Waals surface area contributed by atoms with Gasteiger partial charge in [-0.15, -0.1) is 0 Å². The lowest BCUT2D eigenvalue weighted by Gasteiger charge is -2.14. The van der Waals surface area contributed by atoms with Gasteiger partial charge in [0.1, 0.15) is 17.0 Å². The molecule has 0 aliphatic heterocycles. The standard InChI is InChI=1S/C20H18FN5O/c1-8-5-11(8)12-6-23-19-15(16(22)20(27)25-17(19)9(12)2)10-3-4-14(21)18-13(10)7-24-26-18/h3-4,6-8,11H,5,22H2,1-2H3,(H,24,26)(H,25,27). The zero-order valence-corrected chi connectivity index (χ0v) is 14.9. The Morgan fingerprint density at radius 1 is 1.26 bits per heavy atom. The molecule has 6 nitrogen and oxygen atoms in total. The lowest BCUT2D eigenvalue weighted by atomic mass is 9.96. The average Bonchev–Trinajstić information content (AvgIpc) is 3.16. The van der Waals surface area contributed by atoms with Gasteiger partial charge in [-0.3, -0.25) is 14.9 Å². The molecule has 1 saturated carbocycles. The number of aryl methyl sites for hydroxylation is 1. The van der Waals surface area contributed by atoms with Gasteiger partial charge in [-0.05, 0) is 47.9 Å². The SMILES string of the molecule is Cc1c(C2CC2C)cnc2c(-c3ccc(F)c4[nH]ncc34)c(N)c(=O)[nH]c12. The number of benzene rings is 1. The van der Waals surface area contributed by atoms with Gasteiger partial charge in [-0.2, -0.15) is 5.10 Å². The van der Waals surface area contributed by atoms with Gasteiger partial charge in [0.05, 0.1) is 17.2 Å². The van der Waals surface area contributed by atoms with E-state index in [1.54, 1.807) is 6.07 Å².